The standard InChI is InChI=1S/C22H30N4O3/c1-5-14(3)26(15(4)6-2)20(27)13-25-21(28)19(24-22(25)29)11-16-12-23-18-10-8-7-9-17(16)18/h7-10,12,14-15,19,23H,5-6,11,13H2,1-4H3,(H,24,29)/t14-,15+,19-/m0/s1. The summed E-state index contributed by atoms with van der Waals surface area (Å²) < 4.78 is 0. The molecule has 2 N–H and O–H groups in total. The van der Waals surface area contributed by atoms with Crippen molar-refractivity contribution < 1.29 is 14.4 Å². The van der Waals surface area contributed by atoms with Gasteiger partial charge in [0.05, 0.1) is 0 Å². The Morgan fingerprint density at radius 1 is 1.14 bits per heavy atom. The molecule has 1 aliphatic rings. The first-order valence-electron chi connectivity index (χ1n) is 10.3. The molecule has 3 atom stereocenters. The van der Waals surface area contributed by atoms with E-state index >= 15 is 0 Å². The lowest BCUT2D eigenvalue weighted by Crippen LogP contribution is -2.50. The summed E-state index contributed by atoms with van der Waals surface area (Å²) in [5.41, 5.74) is 1.96. The number of imide groups is 1. The number of H-pyrrole nitrogens is 1. The monoisotopic (exact) mass is 398 g/mol. The Morgan fingerprint density at radius 3 is 2.45 bits per heavy atom. The molecule has 7 heteroatoms. The van der Waals surface area contributed by atoms with Gasteiger partial charge in [-0.1, -0.05) is 32.0 Å². The van der Waals surface area contributed by atoms with E-state index in [-0.39, 0.29) is 30.4 Å². The summed E-state index contributed by atoms with van der Waals surface area (Å²) in [7, 11) is 0. The van der Waals surface area contributed by atoms with E-state index in [0.717, 1.165) is 34.2 Å². The van der Waals surface area contributed by atoms with E-state index in [2.05, 4.69) is 10.3 Å². The zero-order valence-corrected chi connectivity index (χ0v) is 17.6. The average molecular weight is 399 g/mol. The maximum Gasteiger partial charge on any atom is 0.325 e. The van der Waals surface area contributed by atoms with Crippen LogP contribution in [0.2, 0.25) is 0 Å². The smallest absolute Gasteiger partial charge is 0.325 e. The van der Waals surface area contributed by atoms with E-state index < -0.39 is 12.1 Å². The summed E-state index contributed by atoms with van der Waals surface area (Å²) in [6.07, 6.45) is 3.89. The van der Waals surface area contributed by atoms with Crippen LogP contribution in [0.5, 0.6) is 0 Å². The number of hydrogen-bond donors (Lipinski definition) is 2. The second-order valence-electron chi connectivity index (χ2n) is 7.81. The topological polar surface area (TPSA) is 85.5 Å². The number of benzene rings is 1. The van der Waals surface area contributed by atoms with Crippen LogP contribution in [0.15, 0.2) is 30.5 Å². The third-order valence-electron chi connectivity index (χ3n) is 5.92. The lowest BCUT2D eigenvalue weighted by atomic mass is 10.1. The second kappa shape index (κ2) is 8.68. The fourth-order valence-corrected chi connectivity index (χ4v) is 3.92. The molecule has 0 unspecified atom stereocenters. The number of nitrogens with zero attached hydrogens (tertiary/aromatic N) is 2. The van der Waals surface area contributed by atoms with Gasteiger partial charge in [0.1, 0.15) is 12.6 Å². The van der Waals surface area contributed by atoms with Crippen LogP contribution in [-0.2, 0) is 16.0 Å². The third-order valence-corrected chi connectivity index (χ3v) is 5.92. The van der Waals surface area contributed by atoms with Crippen molar-refractivity contribution in [3.05, 3.63) is 36.0 Å². The van der Waals surface area contributed by atoms with Crippen LogP contribution in [0, 0.1) is 0 Å². The molecule has 1 fully saturated rings. The van der Waals surface area contributed by atoms with E-state index in [0.29, 0.717) is 6.42 Å². The second-order valence-corrected chi connectivity index (χ2v) is 7.81. The summed E-state index contributed by atoms with van der Waals surface area (Å²) >= 11 is 0. The van der Waals surface area contributed by atoms with Crippen molar-refractivity contribution in [2.24, 2.45) is 0 Å². The minimum atomic E-state index is -0.657. The van der Waals surface area contributed by atoms with Crippen LogP contribution in [0.3, 0.4) is 0 Å². The maximum atomic E-state index is 12.9. The van der Waals surface area contributed by atoms with E-state index in [1.54, 1.807) is 4.90 Å². The highest BCUT2D eigenvalue weighted by Crippen LogP contribution is 2.21. The fourth-order valence-electron chi connectivity index (χ4n) is 3.92. The molecule has 29 heavy (non-hydrogen) atoms. The van der Waals surface area contributed by atoms with Crippen LogP contribution in [-0.4, -0.2) is 57.3 Å². The molecule has 2 aromatic rings. The maximum absolute atomic E-state index is 12.9. The first-order chi connectivity index (χ1) is 13.9. The quantitative estimate of drug-likeness (QED) is 0.670. The third kappa shape index (κ3) is 4.13. The van der Waals surface area contributed by atoms with Gasteiger partial charge in [-0.2, -0.15) is 0 Å². The summed E-state index contributed by atoms with van der Waals surface area (Å²) in [5.74, 6) is -0.535. The van der Waals surface area contributed by atoms with Gasteiger partial charge in [0, 0.05) is 35.6 Å². The van der Waals surface area contributed by atoms with Gasteiger partial charge in [0.15, 0.2) is 0 Å². The zero-order chi connectivity index (χ0) is 21.1. The average Bonchev–Trinajstić information content (AvgIpc) is 3.24. The van der Waals surface area contributed by atoms with Gasteiger partial charge in [-0.05, 0) is 38.3 Å². The van der Waals surface area contributed by atoms with Gasteiger partial charge in [-0.15, -0.1) is 0 Å². The molecule has 2 heterocycles. The van der Waals surface area contributed by atoms with Gasteiger partial charge in [-0.3, -0.25) is 14.5 Å². The van der Waals surface area contributed by atoms with Crippen molar-refractivity contribution in [2.45, 2.75) is 65.1 Å². The van der Waals surface area contributed by atoms with Crippen LogP contribution in [0.25, 0.3) is 10.9 Å². The molecule has 0 aliphatic carbocycles. The number of nitrogens with one attached hydrogen (secondary N) is 2. The molecule has 1 aromatic heterocycles. The molecule has 3 rings (SSSR count). The Labute approximate surface area is 171 Å². The molecular formula is C22H30N4O3. The molecule has 0 saturated carbocycles. The van der Waals surface area contributed by atoms with Gasteiger partial charge in [-0.25, -0.2) is 4.79 Å². The number of carbonyl (C=O) groups is 3. The van der Waals surface area contributed by atoms with Crippen LogP contribution < -0.4 is 5.32 Å². The van der Waals surface area contributed by atoms with Gasteiger partial charge < -0.3 is 15.2 Å². The first-order valence-corrected chi connectivity index (χ1v) is 10.3. The van der Waals surface area contributed by atoms with Crippen molar-refractivity contribution in [1.82, 2.24) is 20.1 Å². The Balaban J connectivity index is 1.72. The van der Waals surface area contributed by atoms with Crippen molar-refractivity contribution in [2.75, 3.05) is 6.54 Å². The SMILES string of the molecule is CC[C@@H](C)N(C(=O)CN1C(=O)N[C@@H](Cc2c[nH]c3ccccc23)C1=O)[C@@H](C)CC. The van der Waals surface area contributed by atoms with Gasteiger partial charge in [0.25, 0.3) is 5.91 Å². The Morgan fingerprint density at radius 2 is 1.79 bits per heavy atom. The van der Waals surface area contributed by atoms with E-state index in [9.17, 15) is 14.4 Å². The number of urea groups is 1. The van der Waals surface area contributed by atoms with E-state index in [1.165, 1.54) is 0 Å². The molecule has 156 valence electrons. The largest absolute Gasteiger partial charge is 0.361 e. The van der Waals surface area contributed by atoms with Gasteiger partial charge in [0.2, 0.25) is 5.91 Å². The molecule has 0 radical (unpaired) electrons. The molecular weight excluding hydrogens is 368 g/mol. The van der Waals surface area contributed by atoms with Crippen molar-refractivity contribution in [3.8, 4) is 0 Å². The molecule has 1 aromatic carbocycles. The van der Waals surface area contributed by atoms with Crippen LogP contribution in [0.4, 0.5) is 4.79 Å². The van der Waals surface area contributed by atoms with E-state index in [4.69, 9.17) is 0 Å². The highest BCUT2D eigenvalue weighted by molar-refractivity contribution is 6.06. The lowest BCUT2D eigenvalue weighted by Gasteiger charge is -2.34. The number of aromatic nitrogens is 1. The van der Waals surface area contributed by atoms with Crippen molar-refractivity contribution in [3.63, 3.8) is 0 Å². The highest BCUT2D eigenvalue weighted by Gasteiger charge is 2.40. The predicted octanol–water partition coefficient (Wildman–Crippen LogP) is 3.06. The number of fused-ring (bicyclic) bond motifs is 1. The molecule has 7 nitrogen and oxygen atoms in total. The number of para-hydroxylation sites is 1. The molecule has 1 saturated heterocycles. The Hall–Kier alpha value is -2.83. The lowest BCUT2D eigenvalue weighted by molar-refractivity contribution is -0.140. The molecule has 0 spiro atoms. The minimum Gasteiger partial charge on any atom is -0.361 e. The summed E-state index contributed by atoms with van der Waals surface area (Å²) in [5, 5.41) is 3.77. The molecule has 0 bridgehead atoms. The minimum absolute atomic E-state index is 0.0558. The van der Waals surface area contributed by atoms with Crippen molar-refractivity contribution in [1.29, 1.82) is 0 Å². The predicted molar refractivity (Wildman–Crippen MR) is 112 cm³/mol. The Kier molecular flexibility index (Phi) is 6.25. The van der Waals surface area contributed by atoms with Gasteiger partial charge >= 0.3 is 6.03 Å². The van der Waals surface area contributed by atoms with Crippen LogP contribution >= 0.6 is 0 Å². The number of carbonyl (C=O) groups excluding carboxylic acids is 3. The Bertz CT molecular complexity index is 896. The highest BCUT2D eigenvalue weighted by atomic mass is 16.2. The van der Waals surface area contributed by atoms with E-state index in [1.807, 2.05) is 58.2 Å². The normalized spacial score (nSPS) is 18.8. The number of aromatic amines is 1. The number of rotatable bonds is 8. The molecule has 1 aliphatic heterocycles. The first kappa shape index (κ1) is 20.9. The van der Waals surface area contributed by atoms with Crippen LogP contribution in [0.1, 0.15) is 46.1 Å². The zero-order valence-electron chi connectivity index (χ0n) is 17.6. The summed E-state index contributed by atoms with van der Waals surface area (Å²) in [6, 6.07) is 6.80. The fraction of sp³-hybridized carbons (Fsp3) is 0.500. The summed E-state index contributed by atoms with van der Waals surface area (Å²) in [4.78, 5) is 44.3. The molecule has 4 amide bonds. The van der Waals surface area contributed by atoms with Crippen molar-refractivity contribution >= 4 is 28.7 Å². The number of hydrogen-bond acceptors (Lipinski definition) is 3. The summed E-state index contributed by atoms with van der Waals surface area (Å²) in [6.45, 7) is 7.83. The number of amides is 4.